The topological polar surface area (TPSA) is 77.2 Å². The van der Waals surface area contributed by atoms with Gasteiger partial charge in [-0.25, -0.2) is 4.68 Å². The number of hydrogen-bond acceptors (Lipinski definition) is 5. The molecule has 4 aromatic rings. The lowest BCUT2D eigenvalue weighted by Crippen LogP contribution is -2.03. The summed E-state index contributed by atoms with van der Waals surface area (Å²) in [6, 6.07) is 14.0. The number of rotatable bonds is 4. The van der Waals surface area contributed by atoms with Crippen molar-refractivity contribution in [3.8, 4) is 17.4 Å². The number of ketones is 1. The van der Waals surface area contributed by atoms with Crippen LogP contribution in [0.15, 0.2) is 54.7 Å². The molecule has 0 unspecified atom stereocenters. The number of ether oxygens (including phenoxy) is 1. The molecule has 0 aliphatic rings. The van der Waals surface area contributed by atoms with Crippen LogP contribution in [-0.2, 0) is 7.05 Å². The van der Waals surface area contributed by atoms with Crippen molar-refractivity contribution in [2.24, 2.45) is 7.05 Å². The van der Waals surface area contributed by atoms with Gasteiger partial charge in [0.25, 0.3) is 0 Å². The third kappa shape index (κ3) is 3.08. The van der Waals surface area contributed by atoms with Crippen LogP contribution in [0.4, 0.5) is 0 Å². The molecule has 140 valence electrons. The first kappa shape index (κ1) is 18.0. The molecule has 28 heavy (non-hydrogen) atoms. The van der Waals surface area contributed by atoms with E-state index < -0.39 is 0 Å². The minimum Gasteiger partial charge on any atom is -0.493 e. The maximum absolute atomic E-state index is 13.0. The molecule has 2 aromatic heterocycles. The third-order valence-electron chi connectivity index (χ3n) is 4.44. The Morgan fingerprint density at radius 2 is 1.93 bits per heavy atom. The Kier molecular flexibility index (Phi) is 4.49. The molecule has 0 fully saturated rings. The molecule has 0 radical (unpaired) electrons. The fourth-order valence-electron chi connectivity index (χ4n) is 3.05. The minimum atomic E-state index is -0.322. The quantitative estimate of drug-likeness (QED) is 0.510. The van der Waals surface area contributed by atoms with Crippen molar-refractivity contribution >= 4 is 28.3 Å². The van der Waals surface area contributed by atoms with Crippen LogP contribution >= 0.6 is 11.6 Å². The van der Waals surface area contributed by atoms with E-state index in [0.29, 0.717) is 38.7 Å². The van der Waals surface area contributed by atoms with E-state index in [1.54, 1.807) is 56.6 Å². The van der Waals surface area contributed by atoms with E-state index in [1.807, 2.05) is 12.1 Å². The number of hydrogen-bond donors (Lipinski definition) is 1. The molecule has 0 bridgehead atoms. The third-order valence-corrected chi connectivity index (χ3v) is 4.75. The van der Waals surface area contributed by atoms with Gasteiger partial charge in [0.1, 0.15) is 17.1 Å². The van der Waals surface area contributed by atoms with Crippen molar-refractivity contribution < 1.29 is 14.6 Å². The Bertz CT molecular complexity index is 1220. The van der Waals surface area contributed by atoms with Crippen LogP contribution in [0.25, 0.3) is 10.9 Å². The molecule has 7 heteroatoms. The number of aromatic nitrogens is 3. The van der Waals surface area contributed by atoms with Gasteiger partial charge in [-0.3, -0.25) is 9.78 Å². The smallest absolute Gasteiger partial charge is 0.220 e. The number of carbonyl (C=O) groups excluding carboxylic acids is 1. The average Bonchev–Trinajstić information content (AvgIpc) is 2.94. The second-order valence-electron chi connectivity index (χ2n) is 6.31. The number of nitrogens with zero attached hydrogens (tertiary/aromatic N) is 3. The fourth-order valence-corrected chi connectivity index (χ4v) is 3.23. The summed E-state index contributed by atoms with van der Waals surface area (Å²) in [4.78, 5) is 17.3. The highest BCUT2D eigenvalue weighted by Crippen LogP contribution is 2.34. The van der Waals surface area contributed by atoms with Gasteiger partial charge >= 0.3 is 0 Å². The molecule has 0 aliphatic carbocycles. The van der Waals surface area contributed by atoms with E-state index in [9.17, 15) is 9.90 Å². The van der Waals surface area contributed by atoms with Gasteiger partial charge in [0, 0.05) is 24.2 Å². The van der Waals surface area contributed by atoms with Gasteiger partial charge in [-0.05, 0) is 43.3 Å². The summed E-state index contributed by atoms with van der Waals surface area (Å²) in [6.45, 7) is 1.68. The van der Waals surface area contributed by atoms with Crippen molar-refractivity contribution in [3.05, 3.63) is 76.6 Å². The van der Waals surface area contributed by atoms with Crippen LogP contribution in [-0.4, -0.2) is 25.7 Å². The molecule has 0 spiro atoms. The Hall–Kier alpha value is -3.38. The van der Waals surface area contributed by atoms with Gasteiger partial charge < -0.3 is 9.84 Å². The molecule has 1 N–H and O–H groups in total. The lowest BCUT2D eigenvalue weighted by atomic mass is 10.0. The number of carbonyl (C=O) groups is 1. The summed E-state index contributed by atoms with van der Waals surface area (Å²) in [5, 5.41) is 15.4. The zero-order valence-electron chi connectivity index (χ0n) is 15.2. The summed E-state index contributed by atoms with van der Waals surface area (Å²) >= 11 is 6.19. The van der Waals surface area contributed by atoms with E-state index in [0.717, 1.165) is 0 Å². The second-order valence-corrected chi connectivity index (χ2v) is 6.72. The van der Waals surface area contributed by atoms with Crippen molar-refractivity contribution in [2.45, 2.75) is 6.92 Å². The maximum atomic E-state index is 13.0. The van der Waals surface area contributed by atoms with Crippen molar-refractivity contribution in [2.75, 3.05) is 0 Å². The van der Waals surface area contributed by atoms with E-state index in [1.165, 1.54) is 4.68 Å². The summed E-state index contributed by atoms with van der Waals surface area (Å²) < 4.78 is 7.24. The monoisotopic (exact) mass is 393 g/mol. The number of pyridine rings is 1. The van der Waals surface area contributed by atoms with E-state index in [4.69, 9.17) is 16.3 Å². The van der Waals surface area contributed by atoms with Crippen LogP contribution in [0, 0.1) is 6.92 Å². The van der Waals surface area contributed by atoms with Crippen molar-refractivity contribution in [3.63, 3.8) is 0 Å². The molecule has 4 rings (SSSR count). The number of para-hydroxylation sites is 1. The first-order chi connectivity index (χ1) is 13.5. The lowest BCUT2D eigenvalue weighted by Gasteiger charge is -2.11. The Morgan fingerprint density at radius 1 is 1.14 bits per heavy atom. The standard InChI is InChI=1S/C21H16ClN3O3/c1-12-19(21(27)25(2)24-12)20(26)13-7-8-16-14(11-13)17(9-10-23-16)28-18-6-4-3-5-15(18)22/h3-11,27H,1-2H3. The highest BCUT2D eigenvalue weighted by molar-refractivity contribution is 6.32. The average molecular weight is 394 g/mol. The van der Waals surface area contributed by atoms with Gasteiger partial charge in [0.15, 0.2) is 5.78 Å². The Labute approximate surface area is 166 Å². The van der Waals surface area contributed by atoms with Gasteiger partial charge in [0.2, 0.25) is 5.88 Å². The molecule has 0 aliphatic heterocycles. The van der Waals surface area contributed by atoms with Crippen LogP contribution in [0.2, 0.25) is 5.02 Å². The van der Waals surface area contributed by atoms with Gasteiger partial charge in [-0.1, -0.05) is 23.7 Å². The van der Waals surface area contributed by atoms with Gasteiger partial charge in [0.05, 0.1) is 16.2 Å². The van der Waals surface area contributed by atoms with Crippen LogP contribution in [0.5, 0.6) is 17.4 Å². The molecule has 2 heterocycles. The summed E-state index contributed by atoms with van der Waals surface area (Å²) in [6.07, 6.45) is 1.63. The molecular weight excluding hydrogens is 378 g/mol. The maximum Gasteiger partial charge on any atom is 0.220 e. The molecule has 6 nitrogen and oxygen atoms in total. The van der Waals surface area contributed by atoms with Crippen LogP contribution in [0.3, 0.4) is 0 Å². The van der Waals surface area contributed by atoms with Crippen molar-refractivity contribution in [1.29, 1.82) is 0 Å². The first-order valence-corrected chi connectivity index (χ1v) is 8.92. The zero-order valence-corrected chi connectivity index (χ0v) is 15.9. The van der Waals surface area contributed by atoms with Crippen LogP contribution in [0.1, 0.15) is 21.6 Å². The minimum absolute atomic E-state index is 0.165. The van der Waals surface area contributed by atoms with Gasteiger partial charge in [-0.15, -0.1) is 0 Å². The SMILES string of the molecule is Cc1nn(C)c(O)c1C(=O)c1ccc2nccc(Oc3ccccc3Cl)c2c1. The fraction of sp³-hybridized carbons (Fsp3) is 0.0952. The number of benzene rings is 2. The summed E-state index contributed by atoms with van der Waals surface area (Å²) in [5.74, 6) is 0.549. The van der Waals surface area contributed by atoms with E-state index in [2.05, 4.69) is 10.1 Å². The highest BCUT2D eigenvalue weighted by atomic mass is 35.5. The number of aromatic hydroxyl groups is 1. The predicted octanol–water partition coefficient (Wildman–Crippen LogP) is 4.66. The molecule has 0 atom stereocenters. The normalized spacial score (nSPS) is 11.0. The Morgan fingerprint density at radius 3 is 2.64 bits per heavy atom. The first-order valence-electron chi connectivity index (χ1n) is 8.54. The largest absolute Gasteiger partial charge is 0.493 e. The molecule has 0 amide bonds. The number of halogens is 1. The Balaban J connectivity index is 1.80. The van der Waals surface area contributed by atoms with Gasteiger partial charge in [-0.2, -0.15) is 5.10 Å². The molecular formula is C21H16ClN3O3. The molecule has 0 saturated carbocycles. The van der Waals surface area contributed by atoms with E-state index >= 15 is 0 Å². The lowest BCUT2D eigenvalue weighted by molar-refractivity contribution is 0.103. The van der Waals surface area contributed by atoms with Crippen molar-refractivity contribution in [1.82, 2.24) is 14.8 Å². The summed E-state index contributed by atoms with van der Waals surface area (Å²) in [7, 11) is 1.58. The molecule has 0 saturated heterocycles. The number of aryl methyl sites for hydroxylation is 2. The van der Waals surface area contributed by atoms with E-state index in [-0.39, 0.29) is 17.2 Å². The summed E-state index contributed by atoms with van der Waals surface area (Å²) in [5.41, 5.74) is 1.72. The highest BCUT2D eigenvalue weighted by Gasteiger charge is 2.22. The second kappa shape index (κ2) is 6.98. The zero-order chi connectivity index (χ0) is 19.8. The predicted molar refractivity (Wildman–Crippen MR) is 106 cm³/mol. The van der Waals surface area contributed by atoms with Crippen LogP contribution < -0.4 is 4.74 Å². The number of fused-ring (bicyclic) bond motifs is 1. The molecule has 2 aromatic carbocycles.